The Labute approximate surface area is 172 Å². The highest BCUT2D eigenvalue weighted by Crippen LogP contribution is 2.30. The lowest BCUT2D eigenvalue weighted by Crippen LogP contribution is -2.43. The first kappa shape index (κ1) is 21.5. The molecule has 1 unspecified atom stereocenters. The van der Waals surface area contributed by atoms with Gasteiger partial charge < -0.3 is 5.32 Å². The van der Waals surface area contributed by atoms with Gasteiger partial charge in [-0.15, -0.1) is 0 Å². The van der Waals surface area contributed by atoms with Crippen LogP contribution in [0.5, 0.6) is 0 Å². The van der Waals surface area contributed by atoms with Crippen molar-refractivity contribution in [3.05, 3.63) is 59.4 Å². The van der Waals surface area contributed by atoms with Gasteiger partial charge in [-0.25, -0.2) is 12.8 Å². The zero-order valence-electron chi connectivity index (χ0n) is 17.0. The van der Waals surface area contributed by atoms with Crippen molar-refractivity contribution in [3.63, 3.8) is 0 Å². The lowest BCUT2D eigenvalue weighted by molar-refractivity contribution is -0.120. The summed E-state index contributed by atoms with van der Waals surface area (Å²) in [6.07, 6.45) is 1.23. The van der Waals surface area contributed by atoms with Gasteiger partial charge >= 0.3 is 0 Å². The highest BCUT2D eigenvalue weighted by Gasteiger charge is 2.33. The smallest absolute Gasteiger partial charge is 0.243 e. The summed E-state index contributed by atoms with van der Waals surface area (Å²) in [6, 6.07) is 10.7. The van der Waals surface area contributed by atoms with Gasteiger partial charge in [0.1, 0.15) is 5.82 Å². The van der Waals surface area contributed by atoms with Crippen LogP contribution in [-0.2, 0) is 14.8 Å². The molecule has 1 atom stereocenters. The minimum Gasteiger partial charge on any atom is -0.325 e. The van der Waals surface area contributed by atoms with E-state index in [0.717, 1.165) is 28.9 Å². The van der Waals surface area contributed by atoms with E-state index in [4.69, 9.17) is 0 Å². The van der Waals surface area contributed by atoms with Gasteiger partial charge in [0.25, 0.3) is 0 Å². The van der Waals surface area contributed by atoms with Gasteiger partial charge in [0.15, 0.2) is 0 Å². The van der Waals surface area contributed by atoms with Crippen LogP contribution >= 0.6 is 0 Å². The zero-order valence-corrected chi connectivity index (χ0v) is 17.8. The van der Waals surface area contributed by atoms with Crippen LogP contribution in [0.15, 0.2) is 47.4 Å². The van der Waals surface area contributed by atoms with Crippen LogP contribution in [0.3, 0.4) is 0 Å². The minimum atomic E-state index is -3.76. The third kappa shape index (κ3) is 4.67. The highest BCUT2D eigenvalue weighted by atomic mass is 32.2. The molecule has 2 aromatic rings. The number of carbonyl (C=O) groups excluding carboxylic acids is 1. The fraction of sp³-hybridized carbons (Fsp3) is 0.409. The molecule has 0 saturated carbocycles. The number of piperidine rings is 1. The highest BCUT2D eigenvalue weighted by molar-refractivity contribution is 7.89. The molecule has 1 aliphatic rings. The van der Waals surface area contributed by atoms with E-state index in [9.17, 15) is 17.6 Å². The second-order valence-corrected chi connectivity index (χ2v) is 9.78. The number of para-hydroxylation sites is 1. The van der Waals surface area contributed by atoms with Crippen molar-refractivity contribution in [2.45, 2.75) is 44.4 Å². The number of sulfonamides is 1. The average molecular weight is 419 g/mol. The molecule has 2 aromatic carbocycles. The predicted molar refractivity (Wildman–Crippen MR) is 112 cm³/mol. The molecule has 156 valence electrons. The molecule has 0 bridgehead atoms. The number of carbonyl (C=O) groups is 1. The van der Waals surface area contributed by atoms with E-state index in [1.807, 2.05) is 25.1 Å². The number of halogens is 1. The van der Waals surface area contributed by atoms with Crippen molar-refractivity contribution >= 4 is 21.6 Å². The third-order valence-corrected chi connectivity index (χ3v) is 7.26. The predicted octanol–water partition coefficient (Wildman–Crippen LogP) is 4.30. The Bertz CT molecular complexity index is 988. The van der Waals surface area contributed by atoms with Gasteiger partial charge in [0.2, 0.25) is 15.9 Å². The summed E-state index contributed by atoms with van der Waals surface area (Å²) in [7, 11) is -3.76. The molecule has 1 aliphatic heterocycles. The number of aryl methyl sites for hydroxylation is 1. The number of benzene rings is 2. The monoisotopic (exact) mass is 418 g/mol. The molecule has 0 spiro atoms. The number of amides is 1. The van der Waals surface area contributed by atoms with E-state index in [2.05, 4.69) is 19.2 Å². The Kier molecular flexibility index (Phi) is 6.39. The fourth-order valence-corrected chi connectivity index (χ4v) is 5.22. The molecule has 0 aromatic heterocycles. The van der Waals surface area contributed by atoms with Crippen molar-refractivity contribution in [2.24, 2.45) is 5.92 Å². The normalized spacial score (nSPS) is 18.0. The second kappa shape index (κ2) is 8.63. The average Bonchev–Trinajstić information content (AvgIpc) is 2.69. The number of anilines is 1. The van der Waals surface area contributed by atoms with E-state index in [1.165, 1.54) is 16.4 Å². The number of hydrogen-bond donors (Lipinski definition) is 1. The van der Waals surface area contributed by atoms with Gasteiger partial charge in [-0.3, -0.25) is 4.79 Å². The largest absolute Gasteiger partial charge is 0.325 e. The Hall–Kier alpha value is -2.25. The molecule has 1 heterocycles. The molecule has 29 heavy (non-hydrogen) atoms. The Morgan fingerprint density at radius 3 is 2.52 bits per heavy atom. The van der Waals surface area contributed by atoms with Crippen LogP contribution in [-0.4, -0.2) is 31.7 Å². The fourth-order valence-electron chi connectivity index (χ4n) is 3.70. The molecule has 0 radical (unpaired) electrons. The van der Waals surface area contributed by atoms with Gasteiger partial charge in [0.05, 0.1) is 10.8 Å². The van der Waals surface area contributed by atoms with Gasteiger partial charge in [-0.2, -0.15) is 4.31 Å². The van der Waals surface area contributed by atoms with Crippen molar-refractivity contribution in [2.75, 3.05) is 18.4 Å². The Morgan fingerprint density at radius 2 is 1.86 bits per heavy atom. The number of nitrogens with one attached hydrogen (secondary N) is 1. The van der Waals surface area contributed by atoms with Crippen molar-refractivity contribution < 1.29 is 17.6 Å². The molecular formula is C22H27FN2O3S. The molecule has 5 nitrogen and oxygen atoms in total. The van der Waals surface area contributed by atoms with Crippen LogP contribution in [0.4, 0.5) is 10.1 Å². The van der Waals surface area contributed by atoms with Gasteiger partial charge in [0, 0.05) is 18.8 Å². The molecule has 3 rings (SSSR count). The number of hydrogen-bond acceptors (Lipinski definition) is 3. The van der Waals surface area contributed by atoms with E-state index in [-0.39, 0.29) is 23.3 Å². The van der Waals surface area contributed by atoms with Gasteiger partial charge in [-0.1, -0.05) is 32.0 Å². The first-order valence-corrected chi connectivity index (χ1v) is 11.3. The van der Waals surface area contributed by atoms with Crippen LogP contribution in [0.1, 0.15) is 43.7 Å². The molecule has 1 fully saturated rings. The Morgan fingerprint density at radius 1 is 1.17 bits per heavy atom. The lowest BCUT2D eigenvalue weighted by Gasteiger charge is -2.31. The summed E-state index contributed by atoms with van der Waals surface area (Å²) in [6.45, 7) is 6.57. The maximum atomic E-state index is 13.2. The van der Waals surface area contributed by atoms with Crippen LogP contribution in [0.2, 0.25) is 0 Å². The maximum Gasteiger partial charge on any atom is 0.243 e. The molecule has 7 heteroatoms. The number of rotatable bonds is 5. The quantitative estimate of drug-likeness (QED) is 0.787. The zero-order chi connectivity index (χ0) is 21.2. The summed E-state index contributed by atoms with van der Waals surface area (Å²) in [5.74, 6) is -0.829. The lowest BCUT2D eigenvalue weighted by atomic mass is 9.95. The van der Waals surface area contributed by atoms with E-state index < -0.39 is 21.8 Å². The van der Waals surface area contributed by atoms with Gasteiger partial charge in [-0.05, 0) is 61.1 Å². The molecule has 1 amide bonds. The molecule has 1 N–H and O–H groups in total. The van der Waals surface area contributed by atoms with Crippen LogP contribution < -0.4 is 5.32 Å². The van der Waals surface area contributed by atoms with Crippen molar-refractivity contribution in [1.29, 1.82) is 0 Å². The SMILES string of the molecule is Cc1cccc(C(C)C)c1NC(=O)C1CCCN(S(=O)(=O)c2ccc(F)cc2)C1. The second-order valence-electron chi connectivity index (χ2n) is 7.84. The summed E-state index contributed by atoms with van der Waals surface area (Å²) < 4.78 is 40.3. The third-order valence-electron chi connectivity index (χ3n) is 5.38. The summed E-state index contributed by atoms with van der Waals surface area (Å²) in [5, 5.41) is 3.04. The molecular weight excluding hydrogens is 391 g/mol. The first-order valence-electron chi connectivity index (χ1n) is 9.86. The topological polar surface area (TPSA) is 66.5 Å². The van der Waals surface area contributed by atoms with E-state index in [0.29, 0.717) is 19.4 Å². The molecule has 0 aliphatic carbocycles. The maximum absolute atomic E-state index is 13.2. The van der Waals surface area contributed by atoms with E-state index in [1.54, 1.807) is 0 Å². The van der Waals surface area contributed by atoms with Crippen LogP contribution in [0, 0.1) is 18.7 Å². The molecule has 1 saturated heterocycles. The minimum absolute atomic E-state index is 0.0426. The summed E-state index contributed by atoms with van der Waals surface area (Å²) in [5.41, 5.74) is 2.85. The summed E-state index contributed by atoms with van der Waals surface area (Å²) in [4.78, 5) is 13.0. The first-order chi connectivity index (χ1) is 13.7. The Balaban J connectivity index is 1.78. The standard InChI is InChI=1S/C22H27FN2O3S/c1-15(2)20-8-4-6-16(3)21(20)24-22(26)17-7-5-13-25(14-17)29(27,28)19-11-9-18(23)10-12-19/h4,6,8-12,15,17H,5,7,13-14H2,1-3H3,(H,24,26). The van der Waals surface area contributed by atoms with Crippen LogP contribution in [0.25, 0.3) is 0 Å². The summed E-state index contributed by atoms with van der Waals surface area (Å²) >= 11 is 0. The number of nitrogens with zero attached hydrogens (tertiary/aromatic N) is 1. The van der Waals surface area contributed by atoms with Crippen molar-refractivity contribution in [3.8, 4) is 0 Å². The van der Waals surface area contributed by atoms with E-state index >= 15 is 0 Å². The van der Waals surface area contributed by atoms with Crippen molar-refractivity contribution in [1.82, 2.24) is 4.31 Å².